The van der Waals surface area contributed by atoms with Gasteiger partial charge >= 0.3 is 0 Å². The Labute approximate surface area is 146 Å². The van der Waals surface area contributed by atoms with Gasteiger partial charge in [-0.05, 0) is 42.7 Å². The van der Waals surface area contributed by atoms with Crippen LogP contribution in [0.5, 0.6) is 0 Å². The lowest BCUT2D eigenvalue weighted by molar-refractivity contribution is -0.384. The number of hydrogen-bond acceptors (Lipinski definition) is 4. The number of nitrogens with zero attached hydrogens (tertiary/aromatic N) is 2. The van der Waals surface area contributed by atoms with Gasteiger partial charge in [0.05, 0.1) is 11.5 Å². The van der Waals surface area contributed by atoms with Crippen LogP contribution in [0.3, 0.4) is 0 Å². The van der Waals surface area contributed by atoms with Crippen LogP contribution in [0.25, 0.3) is 0 Å². The maximum atomic E-state index is 12.6. The molecule has 1 fully saturated rings. The highest BCUT2D eigenvalue weighted by atomic mass is 16.6. The molecule has 0 bridgehead atoms. The number of non-ortho nitro benzene ring substituents is 1. The van der Waals surface area contributed by atoms with E-state index in [2.05, 4.69) is 0 Å². The Morgan fingerprint density at radius 3 is 2.40 bits per heavy atom. The maximum Gasteiger partial charge on any atom is 0.269 e. The summed E-state index contributed by atoms with van der Waals surface area (Å²) in [6.07, 6.45) is 2.17. The molecule has 1 aliphatic heterocycles. The molecule has 0 spiro atoms. The number of benzene rings is 2. The molecule has 1 amide bonds. The largest absolute Gasteiger partial charge is 0.381 e. The zero-order valence-corrected chi connectivity index (χ0v) is 14.1. The minimum absolute atomic E-state index is 0.00338. The van der Waals surface area contributed by atoms with Crippen molar-refractivity contribution >= 4 is 17.3 Å². The fourth-order valence-corrected chi connectivity index (χ4v) is 3.01. The number of rotatable bonds is 4. The fraction of sp³-hybridized carbons (Fsp3) is 0.316. The first-order valence-corrected chi connectivity index (χ1v) is 8.26. The topological polar surface area (TPSA) is 72.7 Å². The standard InChI is InChI=1S/C19H20N2O4/c1-20(17-8-10-18(11-9-17)21(23)24)19(22)15-6-4-14(5-7-15)16-3-2-12-25-13-16/h4-11,16H,2-3,12-13H2,1H3/t16-/m0/s1. The van der Waals surface area contributed by atoms with Crippen molar-refractivity contribution in [3.05, 3.63) is 69.8 Å². The first-order valence-electron chi connectivity index (χ1n) is 8.26. The smallest absolute Gasteiger partial charge is 0.269 e. The number of nitro benzene ring substituents is 1. The summed E-state index contributed by atoms with van der Waals surface area (Å²) in [4.78, 5) is 24.4. The van der Waals surface area contributed by atoms with E-state index in [1.54, 1.807) is 19.2 Å². The van der Waals surface area contributed by atoms with Gasteiger partial charge in [-0.2, -0.15) is 0 Å². The molecule has 0 radical (unpaired) electrons. The number of hydrogen-bond donors (Lipinski definition) is 0. The molecule has 6 nitrogen and oxygen atoms in total. The molecule has 130 valence electrons. The average molecular weight is 340 g/mol. The first kappa shape index (κ1) is 17.1. The molecule has 1 saturated heterocycles. The lowest BCUT2D eigenvalue weighted by atomic mass is 9.93. The van der Waals surface area contributed by atoms with Gasteiger partial charge in [0.25, 0.3) is 11.6 Å². The summed E-state index contributed by atoms with van der Waals surface area (Å²) in [5.74, 6) is 0.241. The maximum absolute atomic E-state index is 12.6. The van der Waals surface area contributed by atoms with E-state index in [-0.39, 0.29) is 11.6 Å². The number of ether oxygens (including phenoxy) is 1. The molecule has 25 heavy (non-hydrogen) atoms. The summed E-state index contributed by atoms with van der Waals surface area (Å²) in [7, 11) is 1.66. The summed E-state index contributed by atoms with van der Waals surface area (Å²) in [5, 5.41) is 10.7. The molecule has 1 aliphatic rings. The van der Waals surface area contributed by atoms with Gasteiger partial charge in [0.15, 0.2) is 0 Å². The predicted octanol–water partition coefficient (Wildman–Crippen LogP) is 3.77. The highest BCUT2D eigenvalue weighted by Crippen LogP contribution is 2.26. The lowest BCUT2D eigenvalue weighted by Gasteiger charge is -2.23. The molecule has 0 unspecified atom stereocenters. The summed E-state index contributed by atoms with van der Waals surface area (Å²) in [6.45, 7) is 1.56. The van der Waals surface area contributed by atoms with Crippen molar-refractivity contribution in [2.24, 2.45) is 0 Å². The van der Waals surface area contributed by atoms with Gasteiger partial charge in [-0.15, -0.1) is 0 Å². The van der Waals surface area contributed by atoms with Crippen molar-refractivity contribution < 1.29 is 14.5 Å². The number of nitro groups is 1. The Morgan fingerprint density at radius 2 is 1.84 bits per heavy atom. The van der Waals surface area contributed by atoms with Crippen LogP contribution < -0.4 is 4.90 Å². The number of amides is 1. The molecule has 0 aromatic heterocycles. The monoisotopic (exact) mass is 340 g/mol. The zero-order chi connectivity index (χ0) is 17.8. The number of carbonyl (C=O) groups excluding carboxylic acids is 1. The van der Waals surface area contributed by atoms with Crippen LogP contribution in [0.4, 0.5) is 11.4 Å². The van der Waals surface area contributed by atoms with Gasteiger partial charge in [-0.3, -0.25) is 14.9 Å². The van der Waals surface area contributed by atoms with E-state index in [4.69, 9.17) is 4.74 Å². The van der Waals surface area contributed by atoms with Gasteiger partial charge in [-0.1, -0.05) is 12.1 Å². The van der Waals surface area contributed by atoms with Gasteiger partial charge in [-0.25, -0.2) is 0 Å². The summed E-state index contributed by atoms with van der Waals surface area (Å²) in [5.41, 5.74) is 2.39. The summed E-state index contributed by atoms with van der Waals surface area (Å²) < 4.78 is 5.51. The van der Waals surface area contributed by atoms with Gasteiger partial charge in [0.2, 0.25) is 0 Å². The highest BCUT2D eigenvalue weighted by molar-refractivity contribution is 6.05. The van der Waals surface area contributed by atoms with E-state index in [1.807, 2.05) is 24.3 Å². The SMILES string of the molecule is CN(C(=O)c1ccc([C@H]2CCCOC2)cc1)c1ccc([N+](=O)[O-])cc1. The Morgan fingerprint density at radius 1 is 1.16 bits per heavy atom. The van der Waals surface area contributed by atoms with Crippen LogP contribution in [0.1, 0.15) is 34.7 Å². The van der Waals surface area contributed by atoms with Gasteiger partial charge < -0.3 is 9.64 Å². The summed E-state index contributed by atoms with van der Waals surface area (Å²) >= 11 is 0. The van der Waals surface area contributed by atoms with Crippen molar-refractivity contribution in [2.45, 2.75) is 18.8 Å². The molecule has 6 heteroatoms. The Bertz CT molecular complexity index is 750. The molecule has 1 atom stereocenters. The summed E-state index contributed by atoms with van der Waals surface area (Å²) in [6, 6.07) is 13.6. The van der Waals surface area contributed by atoms with Crippen LogP contribution in [-0.4, -0.2) is 31.1 Å². The van der Waals surface area contributed by atoms with E-state index in [9.17, 15) is 14.9 Å². The molecule has 0 saturated carbocycles. The van der Waals surface area contributed by atoms with E-state index in [0.717, 1.165) is 26.1 Å². The van der Waals surface area contributed by atoms with Crippen LogP contribution >= 0.6 is 0 Å². The average Bonchev–Trinajstić information content (AvgIpc) is 2.67. The van der Waals surface area contributed by atoms with E-state index in [0.29, 0.717) is 17.2 Å². The molecular weight excluding hydrogens is 320 g/mol. The third-order valence-electron chi connectivity index (χ3n) is 4.54. The predicted molar refractivity (Wildman–Crippen MR) is 95.1 cm³/mol. The van der Waals surface area contributed by atoms with Crippen molar-refractivity contribution in [3.8, 4) is 0 Å². The molecule has 2 aromatic rings. The quantitative estimate of drug-likeness (QED) is 0.627. The normalized spacial score (nSPS) is 17.1. The Hall–Kier alpha value is -2.73. The second kappa shape index (κ2) is 7.44. The molecule has 1 heterocycles. The number of carbonyl (C=O) groups is 1. The third kappa shape index (κ3) is 3.85. The molecule has 3 rings (SSSR count). The van der Waals surface area contributed by atoms with Crippen LogP contribution in [0.2, 0.25) is 0 Å². The Kier molecular flexibility index (Phi) is 5.09. The van der Waals surface area contributed by atoms with E-state index >= 15 is 0 Å². The third-order valence-corrected chi connectivity index (χ3v) is 4.54. The number of anilines is 1. The second-order valence-corrected chi connectivity index (χ2v) is 6.17. The molecule has 2 aromatic carbocycles. The highest BCUT2D eigenvalue weighted by Gasteiger charge is 2.18. The van der Waals surface area contributed by atoms with E-state index in [1.165, 1.54) is 22.6 Å². The minimum atomic E-state index is -0.459. The second-order valence-electron chi connectivity index (χ2n) is 6.17. The zero-order valence-electron chi connectivity index (χ0n) is 14.1. The van der Waals surface area contributed by atoms with Crippen LogP contribution in [-0.2, 0) is 4.74 Å². The fourth-order valence-electron chi connectivity index (χ4n) is 3.01. The Balaban J connectivity index is 1.72. The first-order chi connectivity index (χ1) is 12.1. The minimum Gasteiger partial charge on any atom is -0.381 e. The van der Waals surface area contributed by atoms with Gasteiger partial charge in [0.1, 0.15) is 0 Å². The molecule has 0 aliphatic carbocycles. The molecule has 0 N–H and O–H groups in total. The van der Waals surface area contributed by atoms with Crippen LogP contribution in [0.15, 0.2) is 48.5 Å². The van der Waals surface area contributed by atoms with E-state index < -0.39 is 4.92 Å². The molecular formula is C19H20N2O4. The van der Waals surface area contributed by atoms with Crippen molar-refractivity contribution in [3.63, 3.8) is 0 Å². The van der Waals surface area contributed by atoms with Crippen molar-refractivity contribution in [1.29, 1.82) is 0 Å². The lowest BCUT2D eigenvalue weighted by Crippen LogP contribution is -2.26. The van der Waals surface area contributed by atoms with Crippen molar-refractivity contribution in [2.75, 3.05) is 25.2 Å². The van der Waals surface area contributed by atoms with Gasteiger partial charge in [0, 0.05) is 43.0 Å². The van der Waals surface area contributed by atoms with Crippen LogP contribution in [0, 0.1) is 10.1 Å². The van der Waals surface area contributed by atoms with Crippen molar-refractivity contribution in [1.82, 2.24) is 0 Å².